The average molecular weight is 256 g/mol. The highest BCUT2D eigenvalue weighted by molar-refractivity contribution is 9.10. The first kappa shape index (κ1) is 11.7. The van der Waals surface area contributed by atoms with Gasteiger partial charge < -0.3 is 0 Å². The van der Waals surface area contributed by atoms with Crippen molar-refractivity contribution in [1.29, 1.82) is 0 Å². The maximum atomic E-state index is 3.63. The molecular weight excluding hydrogens is 238 g/mol. The van der Waals surface area contributed by atoms with Gasteiger partial charge in [0.15, 0.2) is 0 Å². The van der Waals surface area contributed by atoms with Crippen LogP contribution in [0.1, 0.15) is 25.0 Å². The Morgan fingerprint density at radius 2 is 2.00 bits per heavy atom. The zero-order valence-electron chi connectivity index (χ0n) is 9.34. The van der Waals surface area contributed by atoms with Crippen molar-refractivity contribution in [2.75, 3.05) is 7.05 Å². The van der Waals surface area contributed by atoms with Gasteiger partial charge in [-0.3, -0.25) is 4.90 Å². The lowest BCUT2D eigenvalue weighted by Gasteiger charge is -2.22. The molecule has 0 radical (unpaired) electrons. The molecule has 1 nitrogen and oxygen atoms in total. The molecule has 0 N–H and O–H groups in total. The predicted octanol–water partition coefficient (Wildman–Crippen LogP) is 3.60. The Morgan fingerprint density at radius 1 is 1.36 bits per heavy atom. The standard InChI is InChI=1S/C12H18BrN/c1-9(2)14(4)8-11-7-5-6-10(3)12(11)13/h5-7,9H,8H2,1-4H3. The molecule has 0 saturated heterocycles. The van der Waals surface area contributed by atoms with E-state index in [9.17, 15) is 0 Å². The van der Waals surface area contributed by atoms with Crippen LogP contribution in [0, 0.1) is 6.92 Å². The van der Waals surface area contributed by atoms with Gasteiger partial charge in [0.2, 0.25) is 0 Å². The van der Waals surface area contributed by atoms with Crippen LogP contribution in [0.3, 0.4) is 0 Å². The molecule has 0 aliphatic heterocycles. The molecule has 0 aliphatic carbocycles. The van der Waals surface area contributed by atoms with Crippen LogP contribution in [0.2, 0.25) is 0 Å². The van der Waals surface area contributed by atoms with E-state index in [-0.39, 0.29) is 0 Å². The van der Waals surface area contributed by atoms with Crippen molar-refractivity contribution >= 4 is 15.9 Å². The molecule has 2 heteroatoms. The molecule has 1 aromatic rings. The number of halogens is 1. The summed E-state index contributed by atoms with van der Waals surface area (Å²) in [6, 6.07) is 7.00. The van der Waals surface area contributed by atoms with Crippen molar-refractivity contribution in [3.63, 3.8) is 0 Å². The van der Waals surface area contributed by atoms with E-state index < -0.39 is 0 Å². The van der Waals surface area contributed by atoms with Gasteiger partial charge in [-0.15, -0.1) is 0 Å². The van der Waals surface area contributed by atoms with Crippen molar-refractivity contribution in [2.45, 2.75) is 33.4 Å². The van der Waals surface area contributed by atoms with E-state index in [1.165, 1.54) is 15.6 Å². The first-order valence-electron chi connectivity index (χ1n) is 4.96. The Morgan fingerprint density at radius 3 is 2.57 bits per heavy atom. The SMILES string of the molecule is Cc1cccc(CN(C)C(C)C)c1Br. The molecule has 0 atom stereocenters. The van der Waals surface area contributed by atoms with Gasteiger partial charge in [-0.2, -0.15) is 0 Å². The van der Waals surface area contributed by atoms with Gasteiger partial charge in [0.05, 0.1) is 0 Å². The van der Waals surface area contributed by atoms with Crippen molar-refractivity contribution in [3.05, 3.63) is 33.8 Å². The van der Waals surface area contributed by atoms with E-state index in [1.54, 1.807) is 0 Å². The van der Waals surface area contributed by atoms with E-state index in [2.05, 4.69) is 66.8 Å². The second kappa shape index (κ2) is 4.94. The van der Waals surface area contributed by atoms with Gasteiger partial charge in [0.25, 0.3) is 0 Å². The van der Waals surface area contributed by atoms with Crippen LogP contribution in [-0.2, 0) is 6.54 Å². The second-order valence-corrected chi connectivity index (χ2v) is 4.85. The fraction of sp³-hybridized carbons (Fsp3) is 0.500. The molecule has 0 aliphatic rings. The van der Waals surface area contributed by atoms with Crippen LogP contribution in [0.25, 0.3) is 0 Å². The number of rotatable bonds is 3. The van der Waals surface area contributed by atoms with E-state index in [0.717, 1.165) is 6.54 Å². The highest BCUT2D eigenvalue weighted by Crippen LogP contribution is 2.22. The topological polar surface area (TPSA) is 3.24 Å². The number of hydrogen-bond acceptors (Lipinski definition) is 1. The second-order valence-electron chi connectivity index (χ2n) is 4.06. The van der Waals surface area contributed by atoms with E-state index in [4.69, 9.17) is 0 Å². The summed E-state index contributed by atoms with van der Waals surface area (Å²) in [5, 5.41) is 0. The summed E-state index contributed by atoms with van der Waals surface area (Å²) in [5.41, 5.74) is 2.67. The zero-order chi connectivity index (χ0) is 10.7. The van der Waals surface area contributed by atoms with Gasteiger partial charge >= 0.3 is 0 Å². The summed E-state index contributed by atoms with van der Waals surface area (Å²) < 4.78 is 1.24. The molecular formula is C12H18BrN. The van der Waals surface area contributed by atoms with Crippen LogP contribution >= 0.6 is 15.9 Å². The third-order valence-electron chi connectivity index (χ3n) is 2.57. The van der Waals surface area contributed by atoms with Crippen molar-refractivity contribution in [1.82, 2.24) is 4.90 Å². The highest BCUT2D eigenvalue weighted by Gasteiger charge is 2.07. The first-order valence-corrected chi connectivity index (χ1v) is 5.76. The first-order chi connectivity index (χ1) is 6.52. The third kappa shape index (κ3) is 2.82. The predicted molar refractivity (Wildman–Crippen MR) is 65.5 cm³/mol. The van der Waals surface area contributed by atoms with E-state index in [1.807, 2.05) is 0 Å². The normalized spacial score (nSPS) is 11.4. The van der Waals surface area contributed by atoms with Crippen molar-refractivity contribution in [2.24, 2.45) is 0 Å². The summed E-state index contributed by atoms with van der Waals surface area (Å²) in [6.45, 7) is 7.55. The molecule has 0 amide bonds. The fourth-order valence-electron chi connectivity index (χ4n) is 1.28. The lowest BCUT2D eigenvalue weighted by molar-refractivity contribution is 0.265. The summed E-state index contributed by atoms with van der Waals surface area (Å²) in [6.07, 6.45) is 0. The van der Waals surface area contributed by atoms with Gasteiger partial charge in [-0.25, -0.2) is 0 Å². The van der Waals surface area contributed by atoms with Crippen LogP contribution in [0.4, 0.5) is 0 Å². The van der Waals surface area contributed by atoms with Crippen molar-refractivity contribution in [3.8, 4) is 0 Å². The fourth-order valence-corrected chi connectivity index (χ4v) is 1.67. The third-order valence-corrected chi connectivity index (χ3v) is 3.71. The molecule has 0 saturated carbocycles. The molecule has 0 bridgehead atoms. The molecule has 1 aromatic carbocycles. The molecule has 0 heterocycles. The molecule has 14 heavy (non-hydrogen) atoms. The molecule has 0 unspecified atom stereocenters. The Balaban J connectivity index is 2.82. The highest BCUT2D eigenvalue weighted by atomic mass is 79.9. The summed E-state index contributed by atoms with van der Waals surface area (Å²) in [5.74, 6) is 0. The number of hydrogen-bond donors (Lipinski definition) is 0. The van der Waals surface area contributed by atoms with Crippen LogP contribution < -0.4 is 0 Å². The lowest BCUT2D eigenvalue weighted by atomic mass is 10.1. The summed E-state index contributed by atoms with van der Waals surface area (Å²) in [7, 11) is 2.15. The minimum atomic E-state index is 0.586. The molecule has 0 aromatic heterocycles. The Kier molecular flexibility index (Phi) is 4.14. The van der Waals surface area contributed by atoms with Crippen LogP contribution in [0.5, 0.6) is 0 Å². The van der Waals surface area contributed by atoms with Crippen LogP contribution in [0.15, 0.2) is 22.7 Å². The number of benzene rings is 1. The van der Waals surface area contributed by atoms with Gasteiger partial charge in [0.1, 0.15) is 0 Å². The maximum absolute atomic E-state index is 3.63. The van der Waals surface area contributed by atoms with Gasteiger partial charge in [-0.05, 0) is 38.9 Å². The quantitative estimate of drug-likeness (QED) is 0.798. The van der Waals surface area contributed by atoms with Gasteiger partial charge in [-0.1, -0.05) is 34.1 Å². The molecule has 1 rings (SSSR count). The van der Waals surface area contributed by atoms with E-state index >= 15 is 0 Å². The molecule has 0 fully saturated rings. The molecule has 0 spiro atoms. The smallest absolute Gasteiger partial charge is 0.0249 e. The average Bonchev–Trinajstić information content (AvgIpc) is 2.12. The zero-order valence-corrected chi connectivity index (χ0v) is 10.9. The van der Waals surface area contributed by atoms with Gasteiger partial charge in [0, 0.05) is 17.1 Å². The minimum absolute atomic E-state index is 0.586. The Labute approximate surface area is 95.2 Å². The largest absolute Gasteiger partial charge is 0.300 e. The number of nitrogens with zero attached hydrogens (tertiary/aromatic N) is 1. The lowest BCUT2D eigenvalue weighted by Crippen LogP contribution is -2.25. The summed E-state index contributed by atoms with van der Waals surface area (Å²) >= 11 is 3.63. The maximum Gasteiger partial charge on any atom is 0.0249 e. The van der Waals surface area contributed by atoms with E-state index in [0.29, 0.717) is 6.04 Å². The monoisotopic (exact) mass is 255 g/mol. The number of aryl methyl sites for hydroxylation is 1. The molecule has 78 valence electrons. The summed E-state index contributed by atoms with van der Waals surface area (Å²) in [4.78, 5) is 2.33. The minimum Gasteiger partial charge on any atom is -0.300 e. The Hall–Kier alpha value is -0.340. The van der Waals surface area contributed by atoms with Crippen LogP contribution in [-0.4, -0.2) is 18.0 Å². The Bertz CT molecular complexity index is 307. The van der Waals surface area contributed by atoms with Crippen molar-refractivity contribution < 1.29 is 0 Å².